The van der Waals surface area contributed by atoms with Gasteiger partial charge in [0.25, 0.3) is 0 Å². The first kappa shape index (κ1) is 17.4. The van der Waals surface area contributed by atoms with Gasteiger partial charge >= 0.3 is 6.18 Å². The zero-order chi connectivity index (χ0) is 17.0. The van der Waals surface area contributed by atoms with Crippen LogP contribution in [0.3, 0.4) is 0 Å². The third-order valence-electron chi connectivity index (χ3n) is 4.13. The summed E-state index contributed by atoms with van der Waals surface area (Å²) in [5, 5.41) is 3.29. The van der Waals surface area contributed by atoms with Crippen LogP contribution in [0.1, 0.15) is 12.1 Å². The van der Waals surface area contributed by atoms with Gasteiger partial charge in [-0.1, -0.05) is 0 Å². The van der Waals surface area contributed by atoms with Crippen molar-refractivity contribution in [2.45, 2.75) is 24.6 Å². The van der Waals surface area contributed by atoms with Gasteiger partial charge in [0.1, 0.15) is 5.60 Å². The Hall–Kier alpha value is -1.45. The zero-order valence-electron chi connectivity index (χ0n) is 13.3. The molecule has 1 spiro atoms. The first-order valence-corrected chi connectivity index (χ1v) is 8.02. The number of aromatic nitrogens is 2. The average Bonchev–Trinajstić information content (AvgIpc) is 2.78. The minimum atomic E-state index is -4.18. The Balaban J connectivity index is 1.69. The van der Waals surface area contributed by atoms with E-state index in [2.05, 4.69) is 15.3 Å². The minimum Gasteiger partial charge on any atom is -0.377 e. The van der Waals surface area contributed by atoms with Gasteiger partial charge < -0.3 is 19.7 Å². The number of alkyl halides is 3. The molecule has 0 bridgehead atoms. The molecule has 1 N–H and O–H groups in total. The maximum Gasteiger partial charge on any atom is 0.389 e. The maximum absolute atomic E-state index is 12.4. The quantitative estimate of drug-likeness (QED) is 0.887. The minimum absolute atomic E-state index is 0.140. The lowest BCUT2D eigenvalue weighted by Gasteiger charge is -2.41. The van der Waals surface area contributed by atoms with Gasteiger partial charge in [-0.3, -0.25) is 0 Å². The first-order valence-electron chi connectivity index (χ1n) is 8.02. The van der Waals surface area contributed by atoms with Crippen molar-refractivity contribution in [1.82, 2.24) is 15.3 Å². The molecule has 9 heteroatoms. The smallest absolute Gasteiger partial charge is 0.377 e. The fourth-order valence-electron chi connectivity index (χ4n) is 2.93. The Morgan fingerprint density at radius 3 is 3.04 bits per heavy atom. The lowest BCUT2D eigenvalue weighted by Crippen LogP contribution is -2.58. The lowest BCUT2D eigenvalue weighted by molar-refractivity contribution is -0.134. The fourth-order valence-corrected chi connectivity index (χ4v) is 2.93. The summed E-state index contributed by atoms with van der Waals surface area (Å²) < 4.78 is 48.7. The normalized spacial score (nSPS) is 25.7. The molecule has 0 aliphatic carbocycles. The number of hydrogen-bond acceptors (Lipinski definition) is 6. The molecule has 134 valence electrons. The third-order valence-corrected chi connectivity index (χ3v) is 4.13. The standard InChI is InChI=1S/C15H21F3N4O2/c16-15(17,18)3-1-12-2-4-20-13(21-12)22-6-8-24-14(10-22)9-19-5-7-23-11-14/h2,4,19H,1,3,5-11H2. The van der Waals surface area contributed by atoms with Crippen LogP contribution in [-0.4, -0.2) is 67.7 Å². The van der Waals surface area contributed by atoms with Crippen molar-refractivity contribution in [3.63, 3.8) is 0 Å². The van der Waals surface area contributed by atoms with Gasteiger partial charge in [-0.05, 0) is 12.5 Å². The summed E-state index contributed by atoms with van der Waals surface area (Å²) >= 11 is 0. The van der Waals surface area contributed by atoms with E-state index in [1.165, 1.54) is 12.3 Å². The summed E-state index contributed by atoms with van der Waals surface area (Å²) in [4.78, 5) is 10.5. The van der Waals surface area contributed by atoms with Crippen LogP contribution in [0.25, 0.3) is 0 Å². The largest absolute Gasteiger partial charge is 0.389 e. The molecule has 3 heterocycles. The monoisotopic (exact) mass is 346 g/mol. The number of aryl methyl sites for hydroxylation is 1. The van der Waals surface area contributed by atoms with Crippen LogP contribution >= 0.6 is 0 Å². The van der Waals surface area contributed by atoms with Gasteiger partial charge in [-0.25, -0.2) is 9.97 Å². The summed E-state index contributed by atoms with van der Waals surface area (Å²) in [5.74, 6) is 0.446. The van der Waals surface area contributed by atoms with Gasteiger partial charge in [0.05, 0.1) is 26.4 Å². The number of nitrogens with one attached hydrogen (secondary N) is 1. The van der Waals surface area contributed by atoms with Crippen molar-refractivity contribution in [2.24, 2.45) is 0 Å². The summed E-state index contributed by atoms with van der Waals surface area (Å²) in [7, 11) is 0. The van der Waals surface area contributed by atoms with Crippen molar-refractivity contribution in [3.05, 3.63) is 18.0 Å². The van der Waals surface area contributed by atoms with E-state index in [-0.39, 0.29) is 6.42 Å². The van der Waals surface area contributed by atoms with Crippen LogP contribution in [0.4, 0.5) is 19.1 Å². The highest BCUT2D eigenvalue weighted by molar-refractivity contribution is 5.32. The van der Waals surface area contributed by atoms with Crippen LogP contribution in [-0.2, 0) is 15.9 Å². The van der Waals surface area contributed by atoms with Gasteiger partial charge in [0.15, 0.2) is 0 Å². The molecule has 2 aliphatic heterocycles. The van der Waals surface area contributed by atoms with E-state index < -0.39 is 18.2 Å². The highest BCUT2D eigenvalue weighted by Gasteiger charge is 2.39. The van der Waals surface area contributed by atoms with Gasteiger partial charge in [-0.2, -0.15) is 13.2 Å². The van der Waals surface area contributed by atoms with Crippen molar-refractivity contribution >= 4 is 5.95 Å². The van der Waals surface area contributed by atoms with E-state index in [4.69, 9.17) is 9.47 Å². The van der Waals surface area contributed by atoms with E-state index in [1.807, 2.05) is 4.90 Å². The molecular weight excluding hydrogens is 325 g/mol. The Labute approximate surface area is 138 Å². The molecule has 1 atom stereocenters. The Morgan fingerprint density at radius 1 is 1.33 bits per heavy atom. The van der Waals surface area contributed by atoms with Crippen LogP contribution in [0, 0.1) is 0 Å². The number of hydrogen-bond donors (Lipinski definition) is 1. The number of ether oxygens (including phenoxy) is 2. The summed E-state index contributed by atoms with van der Waals surface area (Å²) in [6, 6.07) is 1.53. The number of halogens is 3. The highest BCUT2D eigenvalue weighted by atomic mass is 19.4. The SMILES string of the molecule is FC(F)(F)CCc1ccnc(N2CCOC3(CNCCOC3)C2)n1. The van der Waals surface area contributed by atoms with E-state index in [9.17, 15) is 13.2 Å². The van der Waals surface area contributed by atoms with E-state index >= 15 is 0 Å². The Morgan fingerprint density at radius 2 is 2.21 bits per heavy atom. The second-order valence-electron chi connectivity index (χ2n) is 6.15. The molecule has 0 saturated carbocycles. The van der Waals surface area contributed by atoms with Crippen molar-refractivity contribution in [2.75, 3.05) is 50.9 Å². The predicted octanol–water partition coefficient (Wildman–Crippen LogP) is 1.17. The van der Waals surface area contributed by atoms with E-state index in [0.29, 0.717) is 51.1 Å². The van der Waals surface area contributed by atoms with E-state index in [1.54, 1.807) is 0 Å². The van der Waals surface area contributed by atoms with Gasteiger partial charge in [0, 0.05) is 37.9 Å². The summed E-state index contributed by atoms with van der Waals surface area (Å²) in [6.07, 6.45) is -3.69. The van der Waals surface area contributed by atoms with Crippen LogP contribution in [0.15, 0.2) is 12.3 Å². The number of anilines is 1. The average molecular weight is 346 g/mol. The Bertz CT molecular complexity index is 548. The zero-order valence-corrected chi connectivity index (χ0v) is 13.3. The maximum atomic E-state index is 12.4. The summed E-state index contributed by atoms with van der Waals surface area (Å²) in [6.45, 7) is 4.19. The molecule has 0 amide bonds. The second kappa shape index (κ2) is 7.20. The lowest BCUT2D eigenvalue weighted by atomic mass is 10.0. The number of rotatable bonds is 3. The van der Waals surface area contributed by atoms with Crippen LogP contribution in [0.2, 0.25) is 0 Å². The molecule has 3 rings (SSSR count). The van der Waals surface area contributed by atoms with E-state index in [0.717, 1.165) is 6.54 Å². The molecule has 2 saturated heterocycles. The molecule has 24 heavy (non-hydrogen) atoms. The Kier molecular flexibility index (Phi) is 5.21. The van der Waals surface area contributed by atoms with Crippen molar-refractivity contribution in [1.29, 1.82) is 0 Å². The van der Waals surface area contributed by atoms with Crippen LogP contribution in [0.5, 0.6) is 0 Å². The van der Waals surface area contributed by atoms with Crippen molar-refractivity contribution in [3.8, 4) is 0 Å². The fraction of sp³-hybridized carbons (Fsp3) is 0.733. The summed E-state index contributed by atoms with van der Waals surface area (Å²) in [5.41, 5.74) is -0.0757. The number of nitrogens with zero attached hydrogens (tertiary/aromatic N) is 3. The molecule has 2 fully saturated rings. The molecule has 1 aromatic heterocycles. The van der Waals surface area contributed by atoms with Crippen molar-refractivity contribution < 1.29 is 22.6 Å². The first-order chi connectivity index (χ1) is 11.5. The molecule has 6 nitrogen and oxygen atoms in total. The molecule has 2 aliphatic rings. The second-order valence-corrected chi connectivity index (χ2v) is 6.15. The number of morpholine rings is 1. The van der Waals surface area contributed by atoms with Gasteiger partial charge in [-0.15, -0.1) is 0 Å². The van der Waals surface area contributed by atoms with Crippen LogP contribution < -0.4 is 10.2 Å². The third kappa shape index (κ3) is 4.55. The van der Waals surface area contributed by atoms with Gasteiger partial charge in [0.2, 0.25) is 5.95 Å². The molecule has 0 radical (unpaired) electrons. The topological polar surface area (TPSA) is 59.5 Å². The molecular formula is C15H21F3N4O2. The highest BCUT2D eigenvalue weighted by Crippen LogP contribution is 2.24. The predicted molar refractivity (Wildman–Crippen MR) is 81.0 cm³/mol. The molecule has 1 aromatic rings. The molecule has 0 aromatic carbocycles. The molecule has 1 unspecified atom stereocenters.